The standard InChI is InChI=1S/C19H23NO3S/c1-14(18(21)12-15-7-4-3-5-8-15)20-19(22)17-10-6-9-16(11-17)13-24(2)23/h3-11,14,18,21H,12-13H2,1-2H3,(H,20,22). The number of hydrogen-bond donors (Lipinski definition) is 2. The monoisotopic (exact) mass is 345 g/mol. The van der Waals surface area contributed by atoms with Crippen molar-refractivity contribution in [3.63, 3.8) is 0 Å². The average Bonchev–Trinajstić information content (AvgIpc) is 2.55. The molecule has 2 aromatic rings. The van der Waals surface area contributed by atoms with Gasteiger partial charge in [0.05, 0.1) is 12.1 Å². The first-order valence-electron chi connectivity index (χ1n) is 7.87. The summed E-state index contributed by atoms with van der Waals surface area (Å²) in [5.74, 6) is 0.186. The Bertz CT molecular complexity index is 703. The van der Waals surface area contributed by atoms with Gasteiger partial charge in [-0.2, -0.15) is 0 Å². The fourth-order valence-electron chi connectivity index (χ4n) is 2.46. The molecular weight excluding hydrogens is 322 g/mol. The van der Waals surface area contributed by atoms with E-state index in [1.807, 2.05) is 36.4 Å². The van der Waals surface area contributed by atoms with E-state index in [9.17, 15) is 14.1 Å². The number of rotatable bonds is 7. The number of aliphatic hydroxyl groups excluding tert-OH is 1. The molecule has 0 aliphatic rings. The average molecular weight is 345 g/mol. The lowest BCUT2D eigenvalue weighted by atomic mass is 10.0. The van der Waals surface area contributed by atoms with Crippen LogP contribution in [0.25, 0.3) is 0 Å². The van der Waals surface area contributed by atoms with Crippen LogP contribution in [0.1, 0.15) is 28.4 Å². The van der Waals surface area contributed by atoms with Gasteiger partial charge in [-0.1, -0.05) is 42.5 Å². The Kier molecular flexibility index (Phi) is 6.70. The highest BCUT2D eigenvalue weighted by Crippen LogP contribution is 2.10. The second-order valence-corrected chi connectivity index (χ2v) is 7.37. The molecule has 128 valence electrons. The zero-order chi connectivity index (χ0) is 17.5. The number of hydrogen-bond acceptors (Lipinski definition) is 3. The van der Waals surface area contributed by atoms with Crippen molar-refractivity contribution in [2.24, 2.45) is 0 Å². The summed E-state index contributed by atoms with van der Waals surface area (Å²) in [5, 5.41) is 13.1. The third-order valence-electron chi connectivity index (χ3n) is 3.78. The molecular formula is C19H23NO3S. The number of carbonyl (C=O) groups excluding carboxylic acids is 1. The Hall–Kier alpha value is -1.98. The molecule has 0 saturated heterocycles. The summed E-state index contributed by atoms with van der Waals surface area (Å²) in [6.45, 7) is 1.79. The van der Waals surface area contributed by atoms with Crippen LogP contribution in [0.3, 0.4) is 0 Å². The summed E-state index contributed by atoms with van der Waals surface area (Å²) in [7, 11) is -0.950. The van der Waals surface area contributed by atoms with E-state index in [1.54, 1.807) is 31.4 Å². The molecule has 0 aliphatic heterocycles. The molecule has 3 unspecified atom stereocenters. The fourth-order valence-corrected chi connectivity index (χ4v) is 3.10. The third kappa shape index (κ3) is 5.58. The van der Waals surface area contributed by atoms with Gasteiger partial charge in [0.25, 0.3) is 5.91 Å². The van der Waals surface area contributed by atoms with Gasteiger partial charge in [0.15, 0.2) is 0 Å². The molecule has 0 saturated carbocycles. The van der Waals surface area contributed by atoms with Gasteiger partial charge >= 0.3 is 0 Å². The molecule has 24 heavy (non-hydrogen) atoms. The summed E-state index contributed by atoms with van der Waals surface area (Å²) in [5.41, 5.74) is 2.40. The first-order chi connectivity index (χ1) is 11.5. The van der Waals surface area contributed by atoms with Crippen molar-refractivity contribution in [3.05, 3.63) is 71.3 Å². The Morgan fingerprint density at radius 1 is 1.12 bits per heavy atom. The smallest absolute Gasteiger partial charge is 0.251 e. The van der Waals surface area contributed by atoms with E-state index in [0.717, 1.165) is 11.1 Å². The molecule has 2 aromatic carbocycles. The van der Waals surface area contributed by atoms with Gasteiger partial charge in [-0.3, -0.25) is 9.00 Å². The predicted molar refractivity (Wildman–Crippen MR) is 97.3 cm³/mol. The van der Waals surface area contributed by atoms with Crippen molar-refractivity contribution < 1.29 is 14.1 Å². The van der Waals surface area contributed by atoms with Crippen LogP contribution in [0.15, 0.2) is 54.6 Å². The van der Waals surface area contributed by atoms with E-state index >= 15 is 0 Å². The molecule has 0 fully saturated rings. The van der Waals surface area contributed by atoms with Gasteiger partial charge in [-0.05, 0) is 30.2 Å². The first kappa shape index (κ1) is 18.4. The molecule has 0 aromatic heterocycles. The highest BCUT2D eigenvalue weighted by atomic mass is 32.2. The number of aliphatic hydroxyl groups is 1. The van der Waals surface area contributed by atoms with Gasteiger partial charge < -0.3 is 10.4 Å². The van der Waals surface area contributed by atoms with E-state index in [0.29, 0.717) is 17.7 Å². The predicted octanol–water partition coefficient (Wildman–Crippen LogP) is 2.29. The first-order valence-corrected chi connectivity index (χ1v) is 9.60. The fraction of sp³-hybridized carbons (Fsp3) is 0.316. The van der Waals surface area contributed by atoms with Crippen LogP contribution in [0.5, 0.6) is 0 Å². The maximum Gasteiger partial charge on any atom is 0.251 e. The number of benzene rings is 2. The van der Waals surface area contributed by atoms with Crippen LogP contribution in [0.4, 0.5) is 0 Å². The maximum atomic E-state index is 12.4. The molecule has 0 heterocycles. The van der Waals surface area contributed by atoms with Gasteiger partial charge in [0.2, 0.25) is 0 Å². The van der Waals surface area contributed by atoms with Crippen molar-refractivity contribution >= 4 is 16.7 Å². The van der Waals surface area contributed by atoms with E-state index in [1.165, 1.54) is 0 Å². The minimum absolute atomic E-state index is 0.238. The van der Waals surface area contributed by atoms with Crippen molar-refractivity contribution in [3.8, 4) is 0 Å². The van der Waals surface area contributed by atoms with E-state index in [2.05, 4.69) is 5.32 Å². The minimum Gasteiger partial charge on any atom is -0.391 e. The van der Waals surface area contributed by atoms with Crippen LogP contribution >= 0.6 is 0 Å². The highest BCUT2D eigenvalue weighted by Gasteiger charge is 2.18. The van der Waals surface area contributed by atoms with Gasteiger partial charge in [0, 0.05) is 34.8 Å². The third-order valence-corrected chi connectivity index (χ3v) is 4.52. The van der Waals surface area contributed by atoms with E-state index < -0.39 is 16.9 Å². The van der Waals surface area contributed by atoms with Crippen LogP contribution in [-0.2, 0) is 23.0 Å². The lowest BCUT2D eigenvalue weighted by Crippen LogP contribution is -2.42. The molecule has 0 bridgehead atoms. The lowest BCUT2D eigenvalue weighted by molar-refractivity contribution is 0.0851. The maximum absolute atomic E-state index is 12.4. The van der Waals surface area contributed by atoms with E-state index in [-0.39, 0.29) is 11.9 Å². The Labute approximate surface area is 145 Å². The summed E-state index contributed by atoms with van der Waals surface area (Å²) in [6, 6.07) is 16.4. The number of nitrogens with one attached hydrogen (secondary N) is 1. The van der Waals surface area contributed by atoms with Crippen LogP contribution in [0, 0.1) is 0 Å². The summed E-state index contributed by atoms with van der Waals surface area (Å²) in [4.78, 5) is 12.4. The molecule has 2 N–H and O–H groups in total. The molecule has 4 nitrogen and oxygen atoms in total. The van der Waals surface area contributed by atoms with Crippen LogP contribution in [-0.4, -0.2) is 33.6 Å². The zero-order valence-corrected chi connectivity index (χ0v) is 14.8. The second kappa shape index (κ2) is 8.76. The van der Waals surface area contributed by atoms with Gasteiger partial charge in [-0.25, -0.2) is 0 Å². The Balaban J connectivity index is 1.96. The van der Waals surface area contributed by atoms with Gasteiger partial charge in [-0.15, -0.1) is 0 Å². The lowest BCUT2D eigenvalue weighted by Gasteiger charge is -2.20. The normalized spacial score (nSPS) is 14.6. The second-order valence-electron chi connectivity index (χ2n) is 5.94. The van der Waals surface area contributed by atoms with Crippen molar-refractivity contribution in [1.82, 2.24) is 5.32 Å². The molecule has 1 amide bonds. The quantitative estimate of drug-likeness (QED) is 0.809. The SMILES string of the molecule is CC(NC(=O)c1cccc(CS(C)=O)c1)C(O)Cc1ccccc1. The molecule has 5 heteroatoms. The minimum atomic E-state index is -0.950. The molecule has 3 atom stereocenters. The Morgan fingerprint density at radius 2 is 1.79 bits per heavy atom. The molecule has 0 radical (unpaired) electrons. The molecule has 0 spiro atoms. The van der Waals surface area contributed by atoms with Gasteiger partial charge in [0.1, 0.15) is 0 Å². The highest BCUT2D eigenvalue weighted by molar-refractivity contribution is 7.83. The summed E-state index contributed by atoms with van der Waals surface area (Å²) >= 11 is 0. The number of carbonyl (C=O) groups is 1. The van der Waals surface area contributed by atoms with Crippen LogP contribution < -0.4 is 5.32 Å². The summed E-state index contributed by atoms with van der Waals surface area (Å²) < 4.78 is 11.3. The van der Waals surface area contributed by atoms with Crippen LogP contribution in [0.2, 0.25) is 0 Å². The van der Waals surface area contributed by atoms with E-state index in [4.69, 9.17) is 0 Å². The summed E-state index contributed by atoms with van der Waals surface area (Å²) in [6.07, 6.45) is 1.45. The largest absolute Gasteiger partial charge is 0.391 e. The topological polar surface area (TPSA) is 66.4 Å². The van der Waals surface area contributed by atoms with Crippen molar-refractivity contribution in [1.29, 1.82) is 0 Å². The van der Waals surface area contributed by atoms with Crippen molar-refractivity contribution in [2.45, 2.75) is 31.2 Å². The number of amides is 1. The van der Waals surface area contributed by atoms with Crippen molar-refractivity contribution in [2.75, 3.05) is 6.26 Å². The zero-order valence-electron chi connectivity index (χ0n) is 13.9. The molecule has 0 aliphatic carbocycles. The molecule has 2 rings (SSSR count). The Morgan fingerprint density at radius 3 is 2.46 bits per heavy atom.